The first kappa shape index (κ1) is 30.0. The van der Waals surface area contributed by atoms with Crippen molar-refractivity contribution in [1.29, 1.82) is 0 Å². The Kier molecular flexibility index (Phi) is 12.5. The molecule has 0 unspecified atom stereocenters. The highest BCUT2D eigenvalue weighted by molar-refractivity contribution is 6.74. The van der Waals surface area contributed by atoms with Crippen LogP contribution in [0.5, 0.6) is 0 Å². The smallest absolute Gasteiger partial charge is 0.302 e. The van der Waals surface area contributed by atoms with Crippen molar-refractivity contribution < 1.29 is 18.3 Å². The first-order valence-electron chi connectivity index (χ1n) is 14.0. The van der Waals surface area contributed by atoms with Gasteiger partial charge >= 0.3 is 5.97 Å². The Morgan fingerprint density at radius 1 is 1.09 bits per heavy atom. The predicted octanol–water partition coefficient (Wildman–Crippen LogP) is 9.22. The van der Waals surface area contributed by atoms with Crippen LogP contribution in [0.25, 0.3) is 0 Å². The molecule has 0 amide bonds. The van der Waals surface area contributed by atoms with Crippen molar-refractivity contribution in [3.8, 4) is 0 Å². The van der Waals surface area contributed by atoms with Gasteiger partial charge in [-0.05, 0) is 100 Å². The lowest BCUT2D eigenvalue weighted by Gasteiger charge is -2.36. The van der Waals surface area contributed by atoms with E-state index in [1.807, 2.05) is 0 Å². The van der Waals surface area contributed by atoms with E-state index in [9.17, 15) is 4.79 Å². The molecule has 0 N–H and O–H groups in total. The van der Waals surface area contributed by atoms with Crippen LogP contribution in [0.4, 0.5) is 4.39 Å². The van der Waals surface area contributed by atoms with Gasteiger partial charge in [-0.3, -0.25) is 4.79 Å². The largest absolute Gasteiger partial charge is 0.463 e. The van der Waals surface area contributed by atoms with Crippen LogP contribution in [0.15, 0.2) is 35.7 Å². The molecular weight excluding hydrogens is 455 g/mol. The lowest BCUT2D eigenvalue weighted by atomic mass is 9.82. The van der Waals surface area contributed by atoms with Gasteiger partial charge in [-0.2, -0.15) is 0 Å². The topological polar surface area (TPSA) is 35.5 Å². The lowest BCUT2D eigenvalue weighted by Crippen LogP contribution is -2.40. The van der Waals surface area contributed by atoms with Gasteiger partial charge in [0.25, 0.3) is 0 Å². The summed E-state index contributed by atoms with van der Waals surface area (Å²) in [5, 5.41) is 0.221. The highest BCUT2D eigenvalue weighted by atomic mass is 28.4. The molecule has 2 fully saturated rings. The summed E-state index contributed by atoms with van der Waals surface area (Å²) in [4.78, 5) is 11.2. The summed E-state index contributed by atoms with van der Waals surface area (Å²) < 4.78 is 26.7. The molecule has 0 saturated heterocycles. The van der Waals surface area contributed by atoms with Gasteiger partial charge in [0.05, 0.1) is 5.83 Å². The second-order valence-corrected chi connectivity index (χ2v) is 17.0. The Labute approximate surface area is 215 Å². The summed E-state index contributed by atoms with van der Waals surface area (Å²) in [7, 11) is -1.71. The zero-order valence-electron chi connectivity index (χ0n) is 23.3. The summed E-state index contributed by atoms with van der Waals surface area (Å²) in [6, 6.07) is 0. The average molecular weight is 507 g/mol. The van der Waals surface area contributed by atoms with Crippen molar-refractivity contribution in [2.45, 2.75) is 129 Å². The fourth-order valence-electron chi connectivity index (χ4n) is 5.02. The molecule has 3 atom stereocenters. The van der Waals surface area contributed by atoms with Gasteiger partial charge in [0.1, 0.15) is 6.10 Å². The van der Waals surface area contributed by atoms with Crippen LogP contribution in [0, 0.1) is 11.8 Å². The van der Waals surface area contributed by atoms with Crippen LogP contribution < -0.4 is 0 Å². The maximum atomic E-state index is 15.1. The molecular formula is C30H51FO3Si. The minimum absolute atomic E-state index is 0.0896. The van der Waals surface area contributed by atoms with Crippen LogP contribution in [0.3, 0.4) is 0 Å². The molecule has 0 aromatic carbocycles. The molecule has 2 saturated carbocycles. The van der Waals surface area contributed by atoms with E-state index in [1.165, 1.54) is 19.8 Å². The number of hydrogen-bond donors (Lipinski definition) is 0. The van der Waals surface area contributed by atoms with Gasteiger partial charge < -0.3 is 9.16 Å². The van der Waals surface area contributed by atoms with Crippen LogP contribution in [-0.4, -0.2) is 27.0 Å². The third-order valence-electron chi connectivity index (χ3n) is 8.19. The van der Waals surface area contributed by atoms with Crippen molar-refractivity contribution in [3.05, 3.63) is 35.7 Å². The molecule has 0 heterocycles. The van der Waals surface area contributed by atoms with Crippen LogP contribution in [0.2, 0.25) is 18.1 Å². The van der Waals surface area contributed by atoms with E-state index < -0.39 is 8.32 Å². The molecule has 2 rings (SSSR count). The number of carbonyl (C=O) groups excluding carboxylic acids is 1. The van der Waals surface area contributed by atoms with E-state index in [0.29, 0.717) is 12.3 Å². The number of ether oxygens (including phenoxy) is 1. The van der Waals surface area contributed by atoms with Crippen LogP contribution in [-0.2, 0) is 14.0 Å². The van der Waals surface area contributed by atoms with Gasteiger partial charge in [0, 0.05) is 19.4 Å². The number of unbranched alkanes of at least 4 members (excludes halogenated alkanes) is 1. The first-order chi connectivity index (χ1) is 16.5. The summed E-state index contributed by atoms with van der Waals surface area (Å²) >= 11 is 0. The summed E-state index contributed by atoms with van der Waals surface area (Å²) in [5.41, 5.74) is 1.03. The zero-order chi connectivity index (χ0) is 25.9. The molecule has 0 aromatic rings. The van der Waals surface area contributed by atoms with E-state index in [2.05, 4.69) is 58.2 Å². The number of hydrogen-bond acceptors (Lipinski definition) is 3. The fraction of sp³-hybridized carbons (Fsp3) is 0.767. The Morgan fingerprint density at radius 3 is 2.57 bits per heavy atom. The SMILES string of the molecule is CC(=O)O[C@H]1CCC[C@H](C/C=C/C=C/[C@@H]2CCCCC2=C(F)CCCCO[Si](C)(C)C(C)(C)C)C1. The number of rotatable bonds is 11. The van der Waals surface area contributed by atoms with Crippen LogP contribution in [0.1, 0.15) is 105 Å². The quantitative estimate of drug-likeness (QED) is 0.121. The molecule has 0 bridgehead atoms. The molecule has 2 aliphatic carbocycles. The third-order valence-corrected chi connectivity index (χ3v) is 12.7. The van der Waals surface area contributed by atoms with Gasteiger partial charge in [-0.25, -0.2) is 4.39 Å². The van der Waals surface area contributed by atoms with E-state index in [1.54, 1.807) is 0 Å². The molecule has 5 heteroatoms. The van der Waals surface area contributed by atoms with Crippen molar-refractivity contribution >= 4 is 14.3 Å². The van der Waals surface area contributed by atoms with Gasteiger partial charge in [-0.1, -0.05) is 51.5 Å². The monoisotopic (exact) mass is 506 g/mol. The van der Waals surface area contributed by atoms with E-state index in [4.69, 9.17) is 9.16 Å². The molecule has 200 valence electrons. The summed E-state index contributed by atoms with van der Waals surface area (Å²) in [6.45, 7) is 13.6. The van der Waals surface area contributed by atoms with Gasteiger partial charge in [-0.15, -0.1) is 0 Å². The minimum atomic E-state index is -1.71. The first-order valence-corrected chi connectivity index (χ1v) is 16.9. The molecule has 2 aliphatic rings. The molecule has 35 heavy (non-hydrogen) atoms. The molecule has 0 aromatic heterocycles. The van der Waals surface area contributed by atoms with Gasteiger partial charge in [0.2, 0.25) is 0 Å². The minimum Gasteiger partial charge on any atom is -0.463 e. The Hall–Kier alpha value is -1.20. The van der Waals surface area contributed by atoms with Gasteiger partial charge in [0.15, 0.2) is 8.32 Å². The van der Waals surface area contributed by atoms with Crippen molar-refractivity contribution in [2.24, 2.45) is 11.8 Å². The summed E-state index contributed by atoms with van der Waals surface area (Å²) in [5.74, 6) is 0.771. The number of halogens is 1. The van der Waals surface area contributed by atoms with E-state index in [0.717, 1.165) is 70.0 Å². The molecule has 0 radical (unpaired) electrons. The van der Waals surface area contributed by atoms with Crippen LogP contribution >= 0.6 is 0 Å². The Bertz CT molecular complexity index is 747. The highest BCUT2D eigenvalue weighted by Crippen LogP contribution is 2.37. The number of esters is 1. The average Bonchev–Trinajstić information content (AvgIpc) is 2.78. The second-order valence-electron chi connectivity index (χ2n) is 12.2. The van der Waals surface area contributed by atoms with Crippen molar-refractivity contribution in [3.63, 3.8) is 0 Å². The highest BCUT2D eigenvalue weighted by Gasteiger charge is 2.36. The third kappa shape index (κ3) is 10.7. The molecule has 3 nitrogen and oxygen atoms in total. The lowest BCUT2D eigenvalue weighted by molar-refractivity contribution is -0.148. The van der Waals surface area contributed by atoms with E-state index in [-0.39, 0.29) is 28.9 Å². The molecule has 0 aliphatic heterocycles. The fourth-order valence-corrected chi connectivity index (χ4v) is 6.11. The zero-order valence-corrected chi connectivity index (χ0v) is 24.3. The van der Waals surface area contributed by atoms with Crippen molar-refractivity contribution in [2.75, 3.05) is 6.61 Å². The predicted molar refractivity (Wildman–Crippen MR) is 148 cm³/mol. The van der Waals surface area contributed by atoms with Crippen molar-refractivity contribution in [1.82, 2.24) is 0 Å². The Balaban J connectivity index is 1.78. The number of carbonyl (C=O) groups is 1. The maximum absolute atomic E-state index is 15.1. The molecule has 0 spiro atoms. The Morgan fingerprint density at radius 2 is 1.86 bits per heavy atom. The number of allylic oxidation sites excluding steroid dienone is 6. The van der Waals surface area contributed by atoms with E-state index >= 15 is 4.39 Å². The second kappa shape index (κ2) is 14.5. The standard InChI is InChI=1S/C30H51FO3Si/c1-24(32)34-27-19-14-16-25(23-27)15-8-7-9-17-26-18-10-11-20-28(26)29(31)21-12-13-22-33-35(5,6)30(2,3)4/h7-9,17,25-27H,10-16,18-23H2,1-6H3/b8-7+,17-9+,29-28?/t25-,26+,27-/m0/s1. The summed E-state index contributed by atoms with van der Waals surface area (Å²) in [6.07, 6.45) is 20.6. The normalized spacial score (nSPS) is 25.9. The maximum Gasteiger partial charge on any atom is 0.302 e.